The molecule has 0 amide bonds. The van der Waals surface area contributed by atoms with Crippen LogP contribution in [0.15, 0.2) is 0 Å². The van der Waals surface area contributed by atoms with Crippen molar-refractivity contribution in [1.29, 1.82) is 0 Å². The first-order valence-corrected chi connectivity index (χ1v) is 3.88. The van der Waals surface area contributed by atoms with Gasteiger partial charge in [0.25, 0.3) is 0 Å². The highest BCUT2D eigenvalue weighted by atomic mass is 15.6. The SMILES string of the molecule is NCC1CCCc2nnnn21. The van der Waals surface area contributed by atoms with E-state index in [9.17, 15) is 0 Å². The molecule has 1 aromatic rings. The Kier molecular flexibility index (Phi) is 1.58. The van der Waals surface area contributed by atoms with Gasteiger partial charge in [0.05, 0.1) is 6.04 Å². The molecule has 5 nitrogen and oxygen atoms in total. The lowest BCUT2D eigenvalue weighted by Gasteiger charge is -2.20. The third-order valence-electron chi connectivity index (χ3n) is 2.12. The minimum Gasteiger partial charge on any atom is -0.328 e. The van der Waals surface area contributed by atoms with Crippen LogP contribution < -0.4 is 5.73 Å². The molecular formula is C6H11N5. The molecule has 0 fully saturated rings. The lowest BCUT2D eigenvalue weighted by Crippen LogP contribution is -2.25. The first kappa shape index (κ1) is 6.72. The van der Waals surface area contributed by atoms with Gasteiger partial charge < -0.3 is 5.73 Å². The van der Waals surface area contributed by atoms with Crippen LogP contribution >= 0.6 is 0 Å². The molecule has 0 saturated carbocycles. The number of nitrogens with two attached hydrogens (primary N) is 1. The Morgan fingerprint density at radius 2 is 2.55 bits per heavy atom. The number of aromatic nitrogens is 4. The molecule has 5 heteroatoms. The predicted octanol–water partition coefficient (Wildman–Crippen LogP) is -0.491. The van der Waals surface area contributed by atoms with Gasteiger partial charge in [0.15, 0.2) is 5.82 Å². The molecule has 0 bridgehead atoms. The zero-order chi connectivity index (χ0) is 7.68. The molecule has 2 rings (SSSR count). The van der Waals surface area contributed by atoms with E-state index >= 15 is 0 Å². The summed E-state index contributed by atoms with van der Waals surface area (Å²) in [5.74, 6) is 0.978. The zero-order valence-electron chi connectivity index (χ0n) is 6.27. The molecule has 1 aromatic heterocycles. The van der Waals surface area contributed by atoms with Crippen molar-refractivity contribution in [3.8, 4) is 0 Å². The molecular weight excluding hydrogens is 142 g/mol. The van der Waals surface area contributed by atoms with E-state index in [-0.39, 0.29) is 0 Å². The van der Waals surface area contributed by atoms with E-state index in [1.807, 2.05) is 4.68 Å². The Morgan fingerprint density at radius 1 is 1.64 bits per heavy atom. The molecule has 0 spiro atoms. The average molecular weight is 153 g/mol. The second-order valence-electron chi connectivity index (χ2n) is 2.82. The molecule has 11 heavy (non-hydrogen) atoms. The monoisotopic (exact) mass is 153 g/mol. The van der Waals surface area contributed by atoms with Crippen LogP contribution in [0.2, 0.25) is 0 Å². The molecule has 1 unspecified atom stereocenters. The lowest BCUT2D eigenvalue weighted by atomic mass is 10.1. The molecule has 60 valence electrons. The summed E-state index contributed by atoms with van der Waals surface area (Å²) >= 11 is 0. The van der Waals surface area contributed by atoms with Crippen molar-refractivity contribution in [2.45, 2.75) is 25.3 Å². The molecule has 0 saturated heterocycles. The van der Waals surface area contributed by atoms with Gasteiger partial charge in [0.2, 0.25) is 0 Å². The quantitative estimate of drug-likeness (QED) is 0.591. The molecule has 1 atom stereocenters. The second-order valence-corrected chi connectivity index (χ2v) is 2.82. The van der Waals surface area contributed by atoms with Crippen molar-refractivity contribution >= 4 is 0 Å². The summed E-state index contributed by atoms with van der Waals surface area (Å²) in [6, 6.07) is 0.328. The number of nitrogens with zero attached hydrogens (tertiary/aromatic N) is 4. The van der Waals surface area contributed by atoms with Crippen LogP contribution in [0, 0.1) is 0 Å². The molecule has 2 N–H and O–H groups in total. The highest BCUT2D eigenvalue weighted by Crippen LogP contribution is 2.19. The average Bonchev–Trinajstić information content (AvgIpc) is 2.50. The summed E-state index contributed by atoms with van der Waals surface area (Å²) in [4.78, 5) is 0. The number of rotatable bonds is 1. The smallest absolute Gasteiger partial charge is 0.151 e. The number of hydrogen-bond acceptors (Lipinski definition) is 4. The predicted molar refractivity (Wildman–Crippen MR) is 38.8 cm³/mol. The van der Waals surface area contributed by atoms with E-state index in [4.69, 9.17) is 5.73 Å². The van der Waals surface area contributed by atoms with Gasteiger partial charge in [-0.2, -0.15) is 0 Å². The van der Waals surface area contributed by atoms with E-state index < -0.39 is 0 Å². The van der Waals surface area contributed by atoms with E-state index in [2.05, 4.69) is 15.5 Å². The van der Waals surface area contributed by atoms with Crippen LogP contribution in [0.1, 0.15) is 24.7 Å². The van der Waals surface area contributed by atoms with Gasteiger partial charge in [-0.3, -0.25) is 0 Å². The van der Waals surface area contributed by atoms with Gasteiger partial charge in [-0.25, -0.2) is 4.68 Å². The van der Waals surface area contributed by atoms with E-state index in [1.54, 1.807) is 0 Å². The summed E-state index contributed by atoms with van der Waals surface area (Å²) in [5, 5.41) is 11.4. The minimum absolute atomic E-state index is 0.328. The Balaban J connectivity index is 2.32. The second kappa shape index (κ2) is 2.58. The number of tetrazole rings is 1. The highest BCUT2D eigenvalue weighted by molar-refractivity contribution is 4.89. The van der Waals surface area contributed by atoms with Crippen molar-refractivity contribution in [3.63, 3.8) is 0 Å². The fourth-order valence-electron chi connectivity index (χ4n) is 1.50. The molecule has 1 aliphatic rings. The van der Waals surface area contributed by atoms with Gasteiger partial charge in [-0.05, 0) is 23.3 Å². The first-order chi connectivity index (χ1) is 5.42. The van der Waals surface area contributed by atoms with Crippen LogP contribution in [-0.2, 0) is 6.42 Å². The largest absolute Gasteiger partial charge is 0.328 e. The number of fused-ring (bicyclic) bond motifs is 1. The van der Waals surface area contributed by atoms with Crippen molar-refractivity contribution in [3.05, 3.63) is 5.82 Å². The van der Waals surface area contributed by atoms with Gasteiger partial charge >= 0.3 is 0 Å². The van der Waals surface area contributed by atoms with E-state index in [0.29, 0.717) is 12.6 Å². The third kappa shape index (κ3) is 1.01. The first-order valence-electron chi connectivity index (χ1n) is 3.88. The fourth-order valence-corrected chi connectivity index (χ4v) is 1.50. The van der Waals surface area contributed by atoms with Gasteiger partial charge in [-0.1, -0.05) is 0 Å². The minimum atomic E-state index is 0.328. The summed E-state index contributed by atoms with van der Waals surface area (Å²) in [5.41, 5.74) is 5.56. The molecule has 0 aromatic carbocycles. The van der Waals surface area contributed by atoms with Crippen LogP contribution in [0.4, 0.5) is 0 Å². The van der Waals surface area contributed by atoms with Crippen LogP contribution in [0.5, 0.6) is 0 Å². The third-order valence-corrected chi connectivity index (χ3v) is 2.12. The van der Waals surface area contributed by atoms with Crippen molar-refractivity contribution in [2.24, 2.45) is 5.73 Å². The van der Waals surface area contributed by atoms with Crippen molar-refractivity contribution in [1.82, 2.24) is 20.2 Å². The molecule has 1 aliphatic heterocycles. The Hall–Kier alpha value is -0.970. The van der Waals surface area contributed by atoms with Crippen LogP contribution in [0.3, 0.4) is 0 Å². The summed E-state index contributed by atoms with van der Waals surface area (Å²) < 4.78 is 1.85. The number of hydrogen-bond donors (Lipinski definition) is 1. The van der Waals surface area contributed by atoms with Gasteiger partial charge in [0.1, 0.15) is 0 Å². The maximum atomic E-state index is 5.56. The summed E-state index contributed by atoms with van der Waals surface area (Å²) in [6.07, 6.45) is 3.25. The fraction of sp³-hybridized carbons (Fsp3) is 0.833. The van der Waals surface area contributed by atoms with Gasteiger partial charge in [-0.15, -0.1) is 5.10 Å². The summed E-state index contributed by atoms with van der Waals surface area (Å²) in [6.45, 7) is 0.637. The van der Waals surface area contributed by atoms with Crippen molar-refractivity contribution < 1.29 is 0 Å². The Morgan fingerprint density at radius 3 is 3.36 bits per heavy atom. The van der Waals surface area contributed by atoms with E-state index in [1.165, 1.54) is 0 Å². The van der Waals surface area contributed by atoms with Crippen molar-refractivity contribution in [2.75, 3.05) is 6.54 Å². The Labute approximate surface area is 64.6 Å². The molecule has 2 heterocycles. The molecule has 0 aliphatic carbocycles. The number of aryl methyl sites for hydroxylation is 1. The van der Waals surface area contributed by atoms with Gasteiger partial charge in [0, 0.05) is 13.0 Å². The lowest BCUT2D eigenvalue weighted by molar-refractivity contribution is 0.365. The molecule has 0 radical (unpaired) electrons. The normalized spacial score (nSPS) is 23.2. The Bertz CT molecular complexity index is 243. The highest BCUT2D eigenvalue weighted by Gasteiger charge is 2.20. The maximum absolute atomic E-state index is 5.56. The maximum Gasteiger partial charge on any atom is 0.151 e. The standard InChI is InChI=1S/C6H11N5/c7-4-5-2-1-3-6-8-9-10-11(5)6/h5H,1-4,7H2. The zero-order valence-corrected chi connectivity index (χ0v) is 6.27. The van der Waals surface area contributed by atoms with E-state index in [0.717, 1.165) is 25.1 Å². The summed E-state index contributed by atoms with van der Waals surface area (Å²) in [7, 11) is 0. The topological polar surface area (TPSA) is 69.6 Å². The van der Waals surface area contributed by atoms with Crippen LogP contribution in [0.25, 0.3) is 0 Å². The van der Waals surface area contributed by atoms with Crippen LogP contribution in [-0.4, -0.2) is 26.8 Å².